The lowest BCUT2D eigenvalue weighted by molar-refractivity contribution is -0.274. The van der Waals surface area contributed by atoms with E-state index in [1.165, 1.54) is 60.7 Å². The van der Waals surface area contributed by atoms with E-state index in [2.05, 4.69) is 32.7 Å². The number of amides is 1. The number of nitrogens with zero attached hydrogens (tertiary/aromatic N) is 3. The molecular formula is C27H32F3N3O2. The summed E-state index contributed by atoms with van der Waals surface area (Å²) < 4.78 is 41.5. The van der Waals surface area contributed by atoms with Gasteiger partial charge in [-0.2, -0.15) is 0 Å². The van der Waals surface area contributed by atoms with Gasteiger partial charge in [-0.05, 0) is 67.1 Å². The number of alkyl halides is 3. The van der Waals surface area contributed by atoms with Crippen LogP contribution in [0.1, 0.15) is 47.2 Å². The highest BCUT2D eigenvalue weighted by atomic mass is 19.4. The Morgan fingerprint density at radius 2 is 1.57 bits per heavy atom. The molecule has 3 aliphatic rings. The zero-order valence-electron chi connectivity index (χ0n) is 19.9. The van der Waals surface area contributed by atoms with Gasteiger partial charge in [-0.15, -0.1) is 13.2 Å². The van der Waals surface area contributed by atoms with Crippen molar-refractivity contribution in [1.29, 1.82) is 0 Å². The van der Waals surface area contributed by atoms with Crippen LogP contribution in [0.2, 0.25) is 0 Å². The molecule has 0 aromatic heterocycles. The zero-order chi connectivity index (χ0) is 24.4. The summed E-state index contributed by atoms with van der Waals surface area (Å²) >= 11 is 0. The Labute approximate surface area is 204 Å². The summed E-state index contributed by atoms with van der Waals surface area (Å²) in [7, 11) is 0. The van der Waals surface area contributed by atoms with Gasteiger partial charge in [0.1, 0.15) is 5.75 Å². The van der Waals surface area contributed by atoms with Crippen molar-refractivity contribution in [3.63, 3.8) is 0 Å². The number of carbonyl (C=O) groups is 1. The molecule has 1 saturated heterocycles. The molecular weight excluding hydrogens is 455 g/mol. The third kappa shape index (κ3) is 5.74. The molecule has 5 rings (SSSR count). The van der Waals surface area contributed by atoms with Crippen LogP contribution in [-0.4, -0.2) is 67.4 Å². The smallest absolute Gasteiger partial charge is 0.406 e. The van der Waals surface area contributed by atoms with Crippen molar-refractivity contribution in [3.05, 3.63) is 59.2 Å². The number of carbonyl (C=O) groups excluding carboxylic acids is 1. The van der Waals surface area contributed by atoms with Gasteiger partial charge >= 0.3 is 6.36 Å². The fraction of sp³-hybridized carbons (Fsp3) is 0.519. The molecule has 2 fully saturated rings. The maximum absolute atomic E-state index is 12.9. The summed E-state index contributed by atoms with van der Waals surface area (Å²) in [5.41, 5.74) is 4.27. The van der Waals surface area contributed by atoms with Gasteiger partial charge < -0.3 is 14.5 Å². The molecule has 0 atom stereocenters. The van der Waals surface area contributed by atoms with Crippen LogP contribution < -0.4 is 9.64 Å². The standard InChI is InChI=1S/C27H32F3N3O2/c28-27(29,30)35-25-7-3-4-22(19-25)26(34)33-16-14-32(15-17-33)24-9-8-20-10-12-31(13-11-21(20)18-24)23-5-1-2-6-23/h3-4,7-9,18-19,23H,1-2,5-6,10-17H2. The van der Waals surface area contributed by atoms with Crippen LogP contribution in [-0.2, 0) is 12.8 Å². The first kappa shape index (κ1) is 24.0. The molecule has 188 valence electrons. The quantitative estimate of drug-likeness (QED) is 0.615. The van der Waals surface area contributed by atoms with Crippen molar-refractivity contribution in [2.45, 2.75) is 50.9 Å². The van der Waals surface area contributed by atoms with Gasteiger partial charge in [0, 0.05) is 56.6 Å². The summed E-state index contributed by atoms with van der Waals surface area (Å²) in [6.07, 6.45) is 2.80. The minimum Gasteiger partial charge on any atom is -0.406 e. The molecule has 2 aromatic rings. The number of hydrogen-bond donors (Lipinski definition) is 0. The number of anilines is 1. The van der Waals surface area contributed by atoms with Crippen molar-refractivity contribution in [1.82, 2.24) is 9.80 Å². The maximum Gasteiger partial charge on any atom is 0.573 e. The molecule has 1 amide bonds. The SMILES string of the molecule is O=C(c1cccc(OC(F)(F)F)c1)N1CCN(c2ccc3c(c2)CCN(C2CCCC2)CC3)CC1. The third-order valence-electron chi connectivity index (χ3n) is 7.61. The van der Waals surface area contributed by atoms with Crippen LogP contribution in [0.4, 0.5) is 18.9 Å². The van der Waals surface area contributed by atoms with E-state index in [0.29, 0.717) is 26.2 Å². The number of benzene rings is 2. The number of rotatable bonds is 4. The fourth-order valence-corrected chi connectivity index (χ4v) is 5.74. The Bertz CT molecular complexity index is 1040. The predicted molar refractivity (Wildman–Crippen MR) is 129 cm³/mol. The average Bonchev–Trinajstić information content (AvgIpc) is 3.30. The topological polar surface area (TPSA) is 36.0 Å². The minimum absolute atomic E-state index is 0.206. The molecule has 0 radical (unpaired) electrons. The molecule has 0 spiro atoms. The van der Waals surface area contributed by atoms with Crippen molar-refractivity contribution >= 4 is 11.6 Å². The second-order valence-electron chi connectivity index (χ2n) is 9.78. The van der Waals surface area contributed by atoms with Crippen LogP contribution in [0, 0.1) is 0 Å². The number of fused-ring (bicyclic) bond motifs is 1. The fourth-order valence-electron chi connectivity index (χ4n) is 5.74. The van der Waals surface area contributed by atoms with Crippen molar-refractivity contribution in [2.75, 3.05) is 44.2 Å². The Morgan fingerprint density at radius 3 is 2.29 bits per heavy atom. The average molecular weight is 488 g/mol. The van der Waals surface area contributed by atoms with Gasteiger partial charge in [0.2, 0.25) is 0 Å². The molecule has 1 aliphatic carbocycles. The van der Waals surface area contributed by atoms with Crippen LogP contribution in [0.25, 0.3) is 0 Å². The number of piperazine rings is 1. The number of hydrogen-bond acceptors (Lipinski definition) is 4. The zero-order valence-corrected chi connectivity index (χ0v) is 19.9. The van der Waals surface area contributed by atoms with E-state index in [1.807, 2.05) is 0 Å². The molecule has 8 heteroatoms. The largest absolute Gasteiger partial charge is 0.573 e. The maximum atomic E-state index is 12.9. The summed E-state index contributed by atoms with van der Waals surface area (Å²) in [6, 6.07) is 12.8. The van der Waals surface area contributed by atoms with E-state index in [4.69, 9.17) is 0 Å². The highest BCUT2D eigenvalue weighted by molar-refractivity contribution is 5.94. The van der Waals surface area contributed by atoms with Crippen LogP contribution in [0.3, 0.4) is 0 Å². The Morgan fingerprint density at radius 1 is 0.857 bits per heavy atom. The van der Waals surface area contributed by atoms with Gasteiger partial charge in [0.05, 0.1) is 0 Å². The third-order valence-corrected chi connectivity index (χ3v) is 7.61. The monoisotopic (exact) mass is 487 g/mol. The van der Waals surface area contributed by atoms with Gasteiger partial charge in [0.15, 0.2) is 0 Å². The number of halogens is 3. The van der Waals surface area contributed by atoms with E-state index >= 15 is 0 Å². The van der Waals surface area contributed by atoms with Crippen LogP contribution in [0.5, 0.6) is 5.75 Å². The van der Waals surface area contributed by atoms with Gasteiger partial charge in [-0.3, -0.25) is 9.69 Å². The molecule has 0 N–H and O–H groups in total. The lowest BCUT2D eigenvalue weighted by atomic mass is 10.0. The molecule has 2 heterocycles. The summed E-state index contributed by atoms with van der Waals surface area (Å²) in [5.74, 6) is -0.648. The first-order chi connectivity index (χ1) is 16.9. The lowest BCUT2D eigenvalue weighted by Gasteiger charge is -2.36. The first-order valence-corrected chi connectivity index (χ1v) is 12.6. The molecule has 0 unspecified atom stereocenters. The van der Waals surface area contributed by atoms with Crippen LogP contribution in [0.15, 0.2) is 42.5 Å². The second kappa shape index (κ2) is 10.1. The van der Waals surface area contributed by atoms with Gasteiger partial charge in [0.25, 0.3) is 5.91 Å². The highest BCUT2D eigenvalue weighted by Crippen LogP contribution is 2.29. The summed E-state index contributed by atoms with van der Waals surface area (Å²) in [5, 5.41) is 0. The Kier molecular flexibility index (Phi) is 6.91. The first-order valence-electron chi connectivity index (χ1n) is 12.6. The number of ether oxygens (including phenoxy) is 1. The van der Waals surface area contributed by atoms with E-state index in [1.54, 1.807) is 4.90 Å². The molecule has 2 aromatic carbocycles. The van der Waals surface area contributed by atoms with E-state index in [-0.39, 0.29) is 17.2 Å². The van der Waals surface area contributed by atoms with E-state index < -0.39 is 6.36 Å². The summed E-state index contributed by atoms with van der Waals surface area (Å²) in [6.45, 7) is 4.70. The van der Waals surface area contributed by atoms with Crippen molar-refractivity contribution in [2.24, 2.45) is 0 Å². The molecule has 35 heavy (non-hydrogen) atoms. The Hall–Kier alpha value is -2.74. The molecule has 0 bridgehead atoms. The van der Waals surface area contributed by atoms with E-state index in [9.17, 15) is 18.0 Å². The minimum atomic E-state index is -4.78. The van der Waals surface area contributed by atoms with Gasteiger partial charge in [-0.25, -0.2) is 0 Å². The van der Waals surface area contributed by atoms with Crippen LogP contribution >= 0.6 is 0 Å². The molecule has 5 nitrogen and oxygen atoms in total. The normalized spacial score (nSPS) is 20.0. The predicted octanol–water partition coefficient (Wildman–Crippen LogP) is 4.89. The van der Waals surface area contributed by atoms with Crippen molar-refractivity contribution < 1.29 is 22.7 Å². The van der Waals surface area contributed by atoms with Crippen molar-refractivity contribution in [3.8, 4) is 5.75 Å². The second-order valence-corrected chi connectivity index (χ2v) is 9.78. The van der Waals surface area contributed by atoms with Gasteiger partial charge in [-0.1, -0.05) is 25.0 Å². The molecule has 1 saturated carbocycles. The molecule has 2 aliphatic heterocycles. The highest BCUT2D eigenvalue weighted by Gasteiger charge is 2.32. The lowest BCUT2D eigenvalue weighted by Crippen LogP contribution is -2.48. The summed E-state index contributed by atoms with van der Waals surface area (Å²) in [4.78, 5) is 19.6. The van der Waals surface area contributed by atoms with E-state index in [0.717, 1.165) is 38.0 Å². The Balaban J connectivity index is 1.19.